The summed E-state index contributed by atoms with van der Waals surface area (Å²) in [4.78, 5) is 2.12. The number of hydrogen-bond acceptors (Lipinski definition) is 4. The monoisotopic (exact) mass is 297 g/mol. The van der Waals surface area contributed by atoms with Crippen molar-refractivity contribution in [3.63, 3.8) is 0 Å². The summed E-state index contributed by atoms with van der Waals surface area (Å²) in [6, 6.07) is 5.81. The second kappa shape index (κ2) is 6.81. The number of anilines is 1. The summed E-state index contributed by atoms with van der Waals surface area (Å²) in [6.45, 7) is 0.565. The van der Waals surface area contributed by atoms with Gasteiger partial charge in [-0.1, -0.05) is 35.7 Å². The van der Waals surface area contributed by atoms with E-state index in [1.54, 1.807) is 6.07 Å². The molecule has 2 rings (SSSR count). The Labute approximate surface area is 123 Å². The predicted molar refractivity (Wildman–Crippen MR) is 80.7 cm³/mol. The summed E-state index contributed by atoms with van der Waals surface area (Å²) in [5, 5.41) is 21.8. The van der Waals surface area contributed by atoms with Crippen LogP contribution in [0.25, 0.3) is 0 Å². The van der Waals surface area contributed by atoms with E-state index in [2.05, 4.69) is 10.1 Å². The largest absolute Gasteiger partial charge is 0.409 e. The fraction of sp³-hybridized carbons (Fsp3) is 0.500. The summed E-state index contributed by atoms with van der Waals surface area (Å²) >= 11 is 6.19. The summed E-state index contributed by atoms with van der Waals surface area (Å²) in [5.41, 5.74) is 7.09. The fourth-order valence-corrected chi connectivity index (χ4v) is 3.15. The predicted octanol–water partition coefficient (Wildman–Crippen LogP) is 2.18. The van der Waals surface area contributed by atoms with Gasteiger partial charge in [0.1, 0.15) is 0 Å². The zero-order chi connectivity index (χ0) is 14.5. The van der Waals surface area contributed by atoms with Crippen molar-refractivity contribution in [2.45, 2.75) is 31.7 Å². The van der Waals surface area contributed by atoms with Crippen molar-refractivity contribution in [3.8, 4) is 0 Å². The lowest BCUT2D eigenvalue weighted by Crippen LogP contribution is -2.37. The third kappa shape index (κ3) is 2.99. The van der Waals surface area contributed by atoms with Crippen LogP contribution in [0.2, 0.25) is 5.02 Å². The molecule has 0 heterocycles. The van der Waals surface area contributed by atoms with Crippen LogP contribution in [0, 0.1) is 0 Å². The van der Waals surface area contributed by atoms with Gasteiger partial charge in [-0.25, -0.2) is 0 Å². The smallest absolute Gasteiger partial charge is 0.173 e. The first-order chi connectivity index (χ1) is 9.69. The third-order valence-electron chi connectivity index (χ3n) is 3.77. The van der Waals surface area contributed by atoms with E-state index in [1.165, 1.54) is 12.8 Å². The second-order valence-electron chi connectivity index (χ2n) is 4.97. The highest BCUT2D eigenvalue weighted by Gasteiger charge is 2.26. The number of aliphatic hydroxyl groups excluding tert-OH is 1. The molecule has 0 aliphatic heterocycles. The van der Waals surface area contributed by atoms with Gasteiger partial charge in [0.15, 0.2) is 5.84 Å². The Morgan fingerprint density at radius 1 is 1.40 bits per heavy atom. The highest BCUT2D eigenvalue weighted by atomic mass is 35.5. The molecule has 1 saturated carbocycles. The van der Waals surface area contributed by atoms with Crippen LogP contribution >= 0.6 is 11.6 Å². The molecule has 0 unspecified atom stereocenters. The number of aliphatic hydroxyl groups is 1. The van der Waals surface area contributed by atoms with Gasteiger partial charge in [0.2, 0.25) is 0 Å². The van der Waals surface area contributed by atoms with Crippen LogP contribution in [0.5, 0.6) is 0 Å². The average molecular weight is 298 g/mol. The minimum Gasteiger partial charge on any atom is -0.409 e. The molecule has 5 nitrogen and oxygen atoms in total. The first-order valence-corrected chi connectivity index (χ1v) is 7.20. The Hall–Kier alpha value is -1.46. The number of nitrogens with zero attached hydrogens (tertiary/aromatic N) is 2. The Bertz CT molecular complexity index is 487. The highest BCUT2D eigenvalue weighted by molar-refractivity contribution is 6.34. The van der Waals surface area contributed by atoms with E-state index in [0.717, 1.165) is 18.5 Å². The SMILES string of the molecule is NC(=NO)c1c(Cl)cccc1N(CCO)C1CCCC1. The number of oxime groups is 1. The maximum absolute atomic E-state index is 9.33. The molecular weight excluding hydrogens is 278 g/mol. The number of amidine groups is 1. The highest BCUT2D eigenvalue weighted by Crippen LogP contribution is 2.33. The van der Waals surface area contributed by atoms with Crippen molar-refractivity contribution in [2.75, 3.05) is 18.1 Å². The van der Waals surface area contributed by atoms with Crippen LogP contribution in [-0.2, 0) is 0 Å². The molecule has 1 aromatic carbocycles. The van der Waals surface area contributed by atoms with E-state index < -0.39 is 0 Å². The van der Waals surface area contributed by atoms with E-state index >= 15 is 0 Å². The van der Waals surface area contributed by atoms with Crippen LogP contribution in [0.3, 0.4) is 0 Å². The van der Waals surface area contributed by atoms with Gasteiger partial charge in [0, 0.05) is 18.3 Å². The second-order valence-corrected chi connectivity index (χ2v) is 5.38. The standard InChI is InChI=1S/C14H20ClN3O2/c15-11-6-3-7-12(13(11)14(16)17-20)18(8-9-19)10-4-1-2-5-10/h3,6-7,10,19-20H,1-2,4-5,8-9H2,(H2,16,17). The maximum Gasteiger partial charge on any atom is 0.173 e. The van der Waals surface area contributed by atoms with Gasteiger partial charge in [-0.3, -0.25) is 0 Å². The summed E-state index contributed by atoms with van der Waals surface area (Å²) < 4.78 is 0. The summed E-state index contributed by atoms with van der Waals surface area (Å²) in [5.74, 6) is -0.00784. The van der Waals surface area contributed by atoms with Crippen LogP contribution in [0.4, 0.5) is 5.69 Å². The number of halogens is 1. The van der Waals surface area contributed by atoms with E-state index in [4.69, 9.17) is 22.5 Å². The van der Waals surface area contributed by atoms with Crippen LogP contribution in [0.15, 0.2) is 23.4 Å². The molecule has 1 fully saturated rings. The van der Waals surface area contributed by atoms with E-state index in [-0.39, 0.29) is 12.4 Å². The Morgan fingerprint density at radius 3 is 2.70 bits per heavy atom. The molecule has 1 aromatic rings. The van der Waals surface area contributed by atoms with Crippen LogP contribution < -0.4 is 10.6 Å². The van der Waals surface area contributed by atoms with E-state index in [1.807, 2.05) is 12.1 Å². The Morgan fingerprint density at radius 2 is 2.10 bits per heavy atom. The molecule has 0 aromatic heterocycles. The van der Waals surface area contributed by atoms with Crippen LogP contribution in [-0.4, -0.2) is 35.3 Å². The van der Waals surface area contributed by atoms with Gasteiger partial charge in [-0.05, 0) is 25.0 Å². The third-order valence-corrected chi connectivity index (χ3v) is 4.09. The first kappa shape index (κ1) is 14.9. The Balaban J connectivity index is 2.44. The molecule has 1 aliphatic rings. The van der Waals surface area contributed by atoms with Gasteiger partial charge < -0.3 is 20.9 Å². The molecule has 110 valence electrons. The zero-order valence-electron chi connectivity index (χ0n) is 11.3. The minimum absolute atomic E-state index is 0.00784. The normalized spacial score (nSPS) is 16.6. The molecule has 0 amide bonds. The molecule has 1 aliphatic carbocycles. The maximum atomic E-state index is 9.33. The van der Waals surface area contributed by atoms with Gasteiger partial charge in [-0.2, -0.15) is 0 Å². The van der Waals surface area contributed by atoms with Crippen molar-refractivity contribution in [2.24, 2.45) is 10.9 Å². The molecule has 6 heteroatoms. The molecule has 0 atom stereocenters. The zero-order valence-corrected chi connectivity index (χ0v) is 12.1. The lowest BCUT2D eigenvalue weighted by atomic mass is 10.1. The number of benzene rings is 1. The molecular formula is C14H20ClN3O2. The van der Waals surface area contributed by atoms with Crippen molar-refractivity contribution in [1.29, 1.82) is 0 Å². The fourth-order valence-electron chi connectivity index (χ4n) is 2.88. The molecule has 0 saturated heterocycles. The van der Waals surface area contributed by atoms with E-state index in [9.17, 15) is 5.11 Å². The minimum atomic E-state index is -0.00784. The lowest BCUT2D eigenvalue weighted by Gasteiger charge is -2.32. The van der Waals surface area contributed by atoms with Crippen molar-refractivity contribution >= 4 is 23.1 Å². The van der Waals surface area contributed by atoms with Crippen molar-refractivity contribution in [3.05, 3.63) is 28.8 Å². The molecule has 20 heavy (non-hydrogen) atoms. The topological polar surface area (TPSA) is 82.1 Å². The number of hydrogen-bond donors (Lipinski definition) is 3. The summed E-state index contributed by atoms with van der Waals surface area (Å²) in [6.07, 6.45) is 4.54. The Kier molecular flexibility index (Phi) is 5.09. The van der Waals surface area contributed by atoms with Gasteiger partial charge in [0.05, 0.1) is 17.2 Å². The quantitative estimate of drug-likeness (QED) is 0.337. The van der Waals surface area contributed by atoms with Gasteiger partial charge in [-0.15, -0.1) is 0 Å². The summed E-state index contributed by atoms with van der Waals surface area (Å²) in [7, 11) is 0. The van der Waals surface area contributed by atoms with Gasteiger partial charge >= 0.3 is 0 Å². The number of nitrogens with two attached hydrogens (primary N) is 1. The molecule has 0 radical (unpaired) electrons. The first-order valence-electron chi connectivity index (χ1n) is 6.83. The molecule has 0 spiro atoms. The van der Waals surface area contributed by atoms with Gasteiger partial charge in [0.25, 0.3) is 0 Å². The average Bonchev–Trinajstić information content (AvgIpc) is 2.97. The van der Waals surface area contributed by atoms with Crippen LogP contribution in [0.1, 0.15) is 31.2 Å². The molecule has 4 N–H and O–H groups in total. The number of rotatable bonds is 5. The van der Waals surface area contributed by atoms with Crippen molar-refractivity contribution < 1.29 is 10.3 Å². The lowest BCUT2D eigenvalue weighted by molar-refractivity contribution is 0.297. The van der Waals surface area contributed by atoms with E-state index in [0.29, 0.717) is 23.2 Å². The molecule has 0 bridgehead atoms. The van der Waals surface area contributed by atoms with Crippen molar-refractivity contribution in [1.82, 2.24) is 0 Å².